The Balaban J connectivity index is 2.95. The summed E-state index contributed by atoms with van der Waals surface area (Å²) in [4.78, 5) is 20.2. The fourth-order valence-electron chi connectivity index (χ4n) is 2.10. The van der Waals surface area contributed by atoms with Crippen molar-refractivity contribution in [2.75, 3.05) is 6.61 Å². The molecule has 0 spiro atoms. The molecule has 0 fully saturated rings. The molecule has 0 rings (SSSR count). The molecule has 0 aromatic carbocycles. The molecular weight excluding hydrogens is 244 g/mol. The van der Waals surface area contributed by atoms with E-state index in [-0.39, 0.29) is 0 Å². The van der Waals surface area contributed by atoms with Crippen molar-refractivity contribution in [1.29, 1.82) is 0 Å². The number of unbranched alkanes of at least 4 members (excludes halogenated alkanes) is 10. The van der Waals surface area contributed by atoms with Crippen LogP contribution in [-0.2, 0) is 14.3 Å². The van der Waals surface area contributed by atoms with Crippen molar-refractivity contribution in [1.82, 2.24) is 0 Å². The summed E-state index contributed by atoms with van der Waals surface area (Å²) in [5.41, 5.74) is 0. The van der Waals surface area contributed by atoms with Gasteiger partial charge in [-0.25, -0.2) is 0 Å². The van der Waals surface area contributed by atoms with E-state index in [4.69, 9.17) is 5.11 Å². The quantitative estimate of drug-likeness (QED) is 0.362. The third-order valence-corrected chi connectivity index (χ3v) is 3.22. The minimum Gasteiger partial charge on any atom is -0.481 e. The Morgan fingerprint density at radius 2 is 1.21 bits per heavy atom. The van der Waals surface area contributed by atoms with Gasteiger partial charge in [-0.3, -0.25) is 9.59 Å². The molecule has 1 N–H and O–H groups in total. The third-order valence-electron chi connectivity index (χ3n) is 3.22. The summed E-state index contributed by atoms with van der Waals surface area (Å²) in [5, 5.41) is 8.48. The van der Waals surface area contributed by atoms with Gasteiger partial charge in [-0.15, -0.1) is 0 Å². The van der Waals surface area contributed by atoms with Gasteiger partial charge in [0.05, 0.1) is 6.61 Å². The van der Waals surface area contributed by atoms with Gasteiger partial charge in [0.2, 0.25) is 0 Å². The summed E-state index contributed by atoms with van der Waals surface area (Å²) in [6.45, 7) is 1.07. The topological polar surface area (TPSA) is 63.6 Å². The average molecular weight is 272 g/mol. The molecule has 0 heterocycles. The Morgan fingerprint density at radius 3 is 1.63 bits per heavy atom. The number of aliphatic carboxylic acids is 1. The number of carbonyl (C=O) groups is 2. The van der Waals surface area contributed by atoms with Crippen molar-refractivity contribution in [2.24, 2.45) is 0 Å². The van der Waals surface area contributed by atoms with E-state index in [1.54, 1.807) is 0 Å². The van der Waals surface area contributed by atoms with Gasteiger partial charge < -0.3 is 9.84 Å². The fraction of sp³-hybridized carbons (Fsp3) is 0.867. The second-order valence-corrected chi connectivity index (χ2v) is 5.00. The van der Waals surface area contributed by atoms with E-state index in [0.717, 1.165) is 32.1 Å². The highest BCUT2D eigenvalue weighted by atomic mass is 16.5. The highest BCUT2D eigenvalue weighted by molar-refractivity contribution is 5.66. The molecule has 19 heavy (non-hydrogen) atoms. The first-order chi connectivity index (χ1) is 9.27. The van der Waals surface area contributed by atoms with Crippen molar-refractivity contribution in [3.8, 4) is 0 Å². The van der Waals surface area contributed by atoms with Crippen LogP contribution >= 0.6 is 0 Å². The van der Waals surface area contributed by atoms with Crippen molar-refractivity contribution in [2.45, 2.75) is 77.0 Å². The maximum absolute atomic E-state index is 10.3. The first-order valence-corrected chi connectivity index (χ1v) is 7.54. The van der Waals surface area contributed by atoms with E-state index in [1.165, 1.54) is 38.5 Å². The Labute approximate surface area is 116 Å². The van der Waals surface area contributed by atoms with Gasteiger partial charge in [0.1, 0.15) is 0 Å². The van der Waals surface area contributed by atoms with Crippen LogP contribution in [0.25, 0.3) is 0 Å². The van der Waals surface area contributed by atoms with E-state index < -0.39 is 5.97 Å². The summed E-state index contributed by atoms with van der Waals surface area (Å²) in [5.74, 6) is -0.682. The SMILES string of the molecule is O=COCCCCCCCCCCCCCC(=O)O. The molecule has 0 saturated heterocycles. The van der Waals surface area contributed by atoms with Crippen molar-refractivity contribution >= 4 is 12.4 Å². The molecule has 0 amide bonds. The lowest BCUT2D eigenvalue weighted by molar-refractivity contribution is -0.137. The van der Waals surface area contributed by atoms with Gasteiger partial charge in [0.25, 0.3) is 6.47 Å². The summed E-state index contributed by atoms with van der Waals surface area (Å²) < 4.78 is 4.62. The van der Waals surface area contributed by atoms with Crippen molar-refractivity contribution < 1.29 is 19.4 Å². The standard InChI is InChI=1S/C15H28O4/c16-14-19-13-11-9-7-5-3-1-2-4-6-8-10-12-15(17)18/h14H,1-13H2,(H,17,18). The minimum absolute atomic E-state index is 0.313. The predicted octanol–water partition coefficient (Wildman–Crippen LogP) is 3.93. The van der Waals surface area contributed by atoms with Gasteiger partial charge >= 0.3 is 5.97 Å². The average Bonchev–Trinajstić information content (AvgIpc) is 2.39. The summed E-state index contributed by atoms with van der Waals surface area (Å²) in [6.07, 6.45) is 13.0. The van der Waals surface area contributed by atoms with E-state index in [9.17, 15) is 9.59 Å². The van der Waals surface area contributed by atoms with Crippen LogP contribution < -0.4 is 0 Å². The normalized spacial score (nSPS) is 10.3. The maximum atomic E-state index is 10.3. The zero-order valence-corrected chi connectivity index (χ0v) is 11.9. The van der Waals surface area contributed by atoms with Crippen molar-refractivity contribution in [3.05, 3.63) is 0 Å². The van der Waals surface area contributed by atoms with Crippen LogP contribution in [0.5, 0.6) is 0 Å². The smallest absolute Gasteiger partial charge is 0.303 e. The first-order valence-electron chi connectivity index (χ1n) is 7.54. The van der Waals surface area contributed by atoms with Gasteiger partial charge in [0, 0.05) is 6.42 Å². The monoisotopic (exact) mass is 272 g/mol. The number of carbonyl (C=O) groups excluding carboxylic acids is 1. The molecule has 112 valence electrons. The number of hydrogen-bond acceptors (Lipinski definition) is 3. The predicted molar refractivity (Wildman–Crippen MR) is 75.1 cm³/mol. The Hall–Kier alpha value is -1.06. The van der Waals surface area contributed by atoms with Crippen LogP contribution in [0.2, 0.25) is 0 Å². The van der Waals surface area contributed by atoms with Crippen LogP contribution in [0.4, 0.5) is 0 Å². The molecule has 0 unspecified atom stereocenters. The van der Waals surface area contributed by atoms with Crippen LogP contribution in [-0.4, -0.2) is 24.2 Å². The second-order valence-electron chi connectivity index (χ2n) is 5.00. The molecular formula is C15H28O4. The van der Waals surface area contributed by atoms with Crippen LogP contribution in [0.1, 0.15) is 77.0 Å². The highest BCUT2D eigenvalue weighted by Crippen LogP contribution is 2.11. The molecule has 0 saturated carbocycles. The highest BCUT2D eigenvalue weighted by Gasteiger charge is 1.96. The molecule has 0 aliphatic carbocycles. The van der Waals surface area contributed by atoms with Gasteiger partial charge in [-0.2, -0.15) is 0 Å². The number of hydrogen-bond donors (Lipinski definition) is 1. The van der Waals surface area contributed by atoms with E-state index >= 15 is 0 Å². The van der Waals surface area contributed by atoms with Crippen LogP contribution in [0.3, 0.4) is 0 Å². The van der Waals surface area contributed by atoms with E-state index in [0.29, 0.717) is 19.5 Å². The van der Waals surface area contributed by atoms with E-state index in [1.807, 2.05) is 0 Å². The fourth-order valence-corrected chi connectivity index (χ4v) is 2.10. The lowest BCUT2D eigenvalue weighted by Gasteiger charge is -2.02. The summed E-state index contributed by atoms with van der Waals surface area (Å²) in [6, 6.07) is 0. The zero-order chi connectivity index (χ0) is 14.2. The lowest BCUT2D eigenvalue weighted by Crippen LogP contribution is -1.93. The molecule has 4 nitrogen and oxygen atoms in total. The largest absolute Gasteiger partial charge is 0.481 e. The van der Waals surface area contributed by atoms with Crippen molar-refractivity contribution in [3.63, 3.8) is 0 Å². The number of carboxylic acids is 1. The van der Waals surface area contributed by atoms with Gasteiger partial charge in [-0.1, -0.05) is 57.8 Å². The summed E-state index contributed by atoms with van der Waals surface area (Å²) in [7, 11) is 0. The lowest BCUT2D eigenvalue weighted by atomic mass is 10.1. The summed E-state index contributed by atoms with van der Waals surface area (Å²) >= 11 is 0. The first kappa shape index (κ1) is 17.9. The van der Waals surface area contributed by atoms with Crippen LogP contribution in [0, 0.1) is 0 Å². The third kappa shape index (κ3) is 16.9. The van der Waals surface area contributed by atoms with Gasteiger partial charge in [-0.05, 0) is 12.8 Å². The Kier molecular flexibility index (Phi) is 14.2. The second kappa shape index (κ2) is 15.0. The molecule has 0 bridgehead atoms. The molecule has 4 heteroatoms. The maximum Gasteiger partial charge on any atom is 0.303 e. The number of rotatable bonds is 15. The molecule has 0 radical (unpaired) electrons. The molecule has 0 aliphatic rings. The van der Waals surface area contributed by atoms with Gasteiger partial charge in [0.15, 0.2) is 0 Å². The van der Waals surface area contributed by atoms with E-state index in [2.05, 4.69) is 4.74 Å². The Bertz CT molecular complexity index is 216. The molecule has 0 aromatic heterocycles. The molecule has 0 atom stereocenters. The minimum atomic E-state index is -0.682. The molecule has 0 aromatic rings. The number of carboxylic acid groups (broad SMARTS) is 1. The number of ether oxygens (including phenoxy) is 1. The Morgan fingerprint density at radius 1 is 0.789 bits per heavy atom. The molecule has 0 aliphatic heterocycles. The van der Waals surface area contributed by atoms with Crippen LogP contribution in [0.15, 0.2) is 0 Å². The zero-order valence-electron chi connectivity index (χ0n) is 11.9.